The molecule has 4 heteroatoms. The number of ketones is 1. The van der Waals surface area contributed by atoms with Crippen LogP contribution in [-0.4, -0.2) is 18.6 Å². The lowest BCUT2D eigenvalue weighted by Crippen LogP contribution is -2.21. The topological polar surface area (TPSA) is 38.7 Å². The van der Waals surface area contributed by atoms with Crippen LogP contribution in [0.3, 0.4) is 0 Å². The van der Waals surface area contributed by atoms with Gasteiger partial charge < -0.3 is 4.74 Å². The van der Waals surface area contributed by atoms with E-state index in [1.54, 1.807) is 19.2 Å². The maximum absolute atomic E-state index is 12.9. The number of aliphatic imine (C=N–C) groups is 1. The van der Waals surface area contributed by atoms with Gasteiger partial charge in [0.2, 0.25) is 0 Å². The minimum Gasteiger partial charge on any atom is -0.497 e. The number of ether oxygens (including phenoxy) is 1. The quantitative estimate of drug-likeness (QED) is 0.840. The van der Waals surface area contributed by atoms with Crippen LogP contribution in [0.15, 0.2) is 53.5 Å². The Morgan fingerprint density at radius 3 is 2.71 bits per heavy atom. The Balaban J connectivity index is 1.73. The van der Waals surface area contributed by atoms with Crippen LogP contribution in [-0.2, 0) is 11.3 Å². The van der Waals surface area contributed by atoms with Crippen molar-refractivity contribution >= 4 is 11.5 Å². The number of halogens is 1. The highest BCUT2D eigenvalue weighted by atomic mass is 19.1. The van der Waals surface area contributed by atoms with Gasteiger partial charge in [0.25, 0.3) is 0 Å². The average Bonchev–Trinajstić information content (AvgIpc) is 2.61. The lowest BCUT2D eigenvalue weighted by molar-refractivity contribution is -0.118. The smallest absolute Gasteiger partial charge is 0.139 e. The largest absolute Gasteiger partial charge is 0.497 e. The van der Waals surface area contributed by atoms with Gasteiger partial charge in [0.15, 0.2) is 0 Å². The zero-order chi connectivity index (χ0) is 16.9. The Morgan fingerprint density at radius 2 is 1.96 bits per heavy atom. The molecule has 3 rings (SSSR count). The molecule has 1 fully saturated rings. The van der Waals surface area contributed by atoms with E-state index in [1.807, 2.05) is 24.3 Å². The van der Waals surface area contributed by atoms with Gasteiger partial charge in [0, 0.05) is 18.6 Å². The molecule has 124 valence electrons. The fourth-order valence-corrected chi connectivity index (χ4v) is 3.05. The summed E-state index contributed by atoms with van der Waals surface area (Å²) < 4.78 is 18.2. The van der Waals surface area contributed by atoms with Crippen LogP contribution in [0.4, 0.5) is 4.39 Å². The van der Waals surface area contributed by atoms with E-state index >= 15 is 0 Å². The molecule has 24 heavy (non-hydrogen) atoms. The Labute approximate surface area is 141 Å². The third-order valence-corrected chi connectivity index (χ3v) is 4.32. The molecule has 1 atom stereocenters. The molecule has 0 aliphatic heterocycles. The van der Waals surface area contributed by atoms with Crippen LogP contribution in [0.5, 0.6) is 5.75 Å². The number of hydrogen-bond donors (Lipinski definition) is 0. The molecule has 0 heterocycles. The van der Waals surface area contributed by atoms with Crippen molar-refractivity contribution in [2.45, 2.75) is 31.7 Å². The standard InChI is InChI=1S/C20H20FNO2/c1-24-20-4-2-3-15(11-20)16-9-18(12-19(23)10-16)22-13-14-5-7-17(21)8-6-14/h2-8,11,16H,9-10,12-13H2,1H3/t16-/m1/s1. The SMILES string of the molecule is COc1cccc([C@H]2CC(=O)CC(=NCc3ccc(F)cc3)C2)c1. The molecule has 2 aromatic carbocycles. The molecule has 1 aliphatic rings. The van der Waals surface area contributed by atoms with Gasteiger partial charge >= 0.3 is 0 Å². The van der Waals surface area contributed by atoms with Crippen molar-refractivity contribution in [1.29, 1.82) is 0 Å². The van der Waals surface area contributed by atoms with E-state index in [4.69, 9.17) is 4.74 Å². The third kappa shape index (κ3) is 4.07. The molecule has 0 saturated heterocycles. The Kier molecular flexibility index (Phi) is 5.04. The molecule has 2 aromatic rings. The number of carbonyl (C=O) groups excluding carboxylic acids is 1. The highest BCUT2D eigenvalue weighted by Gasteiger charge is 2.25. The van der Waals surface area contributed by atoms with Gasteiger partial charge in [-0.05, 0) is 47.7 Å². The Morgan fingerprint density at radius 1 is 1.17 bits per heavy atom. The predicted molar refractivity (Wildman–Crippen MR) is 92.1 cm³/mol. The van der Waals surface area contributed by atoms with Gasteiger partial charge in [-0.15, -0.1) is 0 Å². The minimum absolute atomic E-state index is 0.147. The summed E-state index contributed by atoms with van der Waals surface area (Å²) in [4.78, 5) is 16.7. The van der Waals surface area contributed by atoms with Crippen molar-refractivity contribution in [2.75, 3.05) is 7.11 Å². The number of methoxy groups -OCH3 is 1. The number of nitrogens with zero attached hydrogens (tertiary/aromatic N) is 1. The van der Waals surface area contributed by atoms with E-state index in [0.717, 1.165) is 29.0 Å². The second-order valence-corrected chi connectivity index (χ2v) is 6.11. The van der Waals surface area contributed by atoms with Crippen LogP contribution in [0.25, 0.3) is 0 Å². The maximum atomic E-state index is 12.9. The van der Waals surface area contributed by atoms with Crippen LogP contribution in [0.1, 0.15) is 36.3 Å². The second-order valence-electron chi connectivity index (χ2n) is 6.11. The molecule has 0 radical (unpaired) electrons. The molecule has 1 saturated carbocycles. The fraction of sp³-hybridized carbons (Fsp3) is 0.300. The first-order chi connectivity index (χ1) is 11.6. The molecule has 0 unspecified atom stereocenters. The number of rotatable bonds is 4. The maximum Gasteiger partial charge on any atom is 0.139 e. The zero-order valence-corrected chi connectivity index (χ0v) is 13.7. The van der Waals surface area contributed by atoms with Crippen molar-refractivity contribution in [3.8, 4) is 5.75 Å². The van der Waals surface area contributed by atoms with Gasteiger partial charge in [-0.1, -0.05) is 24.3 Å². The highest BCUT2D eigenvalue weighted by Crippen LogP contribution is 2.31. The molecule has 0 N–H and O–H groups in total. The van der Waals surface area contributed by atoms with E-state index in [1.165, 1.54) is 12.1 Å². The van der Waals surface area contributed by atoms with Crippen LogP contribution >= 0.6 is 0 Å². The minimum atomic E-state index is -0.252. The molecule has 0 spiro atoms. The number of hydrogen-bond acceptors (Lipinski definition) is 3. The van der Waals surface area contributed by atoms with E-state index in [0.29, 0.717) is 19.4 Å². The molecule has 3 nitrogen and oxygen atoms in total. The van der Waals surface area contributed by atoms with Gasteiger partial charge in [-0.2, -0.15) is 0 Å². The van der Waals surface area contributed by atoms with Crippen molar-refractivity contribution in [2.24, 2.45) is 4.99 Å². The molecule has 1 aliphatic carbocycles. The average molecular weight is 325 g/mol. The summed E-state index contributed by atoms with van der Waals surface area (Å²) in [6.45, 7) is 0.480. The van der Waals surface area contributed by atoms with Gasteiger partial charge in [-0.25, -0.2) is 4.39 Å². The molecule has 0 aromatic heterocycles. The number of Topliss-reactive ketones (excluding diaryl/α,β-unsaturated/α-hetero) is 1. The lowest BCUT2D eigenvalue weighted by Gasteiger charge is -2.23. The third-order valence-electron chi connectivity index (χ3n) is 4.32. The van der Waals surface area contributed by atoms with Crippen LogP contribution in [0.2, 0.25) is 0 Å². The summed E-state index contributed by atoms with van der Waals surface area (Å²) in [5, 5.41) is 0. The van der Waals surface area contributed by atoms with Gasteiger partial charge in [-0.3, -0.25) is 9.79 Å². The van der Waals surface area contributed by atoms with Crippen molar-refractivity contribution in [3.63, 3.8) is 0 Å². The highest BCUT2D eigenvalue weighted by molar-refractivity contribution is 6.05. The van der Waals surface area contributed by atoms with Gasteiger partial charge in [0.05, 0.1) is 13.7 Å². The van der Waals surface area contributed by atoms with Crippen molar-refractivity contribution in [1.82, 2.24) is 0 Å². The first-order valence-electron chi connectivity index (χ1n) is 8.06. The summed E-state index contributed by atoms with van der Waals surface area (Å²) in [6, 6.07) is 14.2. The zero-order valence-electron chi connectivity index (χ0n) is 13.7. The molecule has 0 amide bonds. The summed E-state index contributed by atoms with van der Waals surface area (Å²) in [7, 11) is 1.64. The van der Waals surface area contributed by atoms with Gasteiger partial charge in [0.1, 0.15) is 17.3 Å². The van der Waals surface area contributed by atoms with E-state index in [-0.39, 0.29) is 17.5 Å². The van der Waals surface area contributed by atoms with E-state index in [2.05, 4.69) is 4.99 Å². The molecule has 0 bridgehead atoms. The predicted octanol–water partition coefficient (Wildman–Crippen LogP) is 4.31. The van der Waals surface area contributed by atoms with Crippen LogP contribution in [0, 0.1) is 5.82 Å². The fourth-order valence-electron chi connectivity index (χ4n) is 3.05. The van der Waals surface area contributed by atoms with E-state index in [9.17, 15) is 9.18 Å². The summed E-state index contributed by atoms with van der Waals surface area (Å²) in [6.07, 6.45) is 1.74. The Hall–Kier alpha value is -2.49. The summed E-state index contributed by atoms with van der Waals surface area (Å²) in [5.41, 5.74) is 2.97. The summed E-state index contributed by atoms with van der Waals surface area (Å²) in [5.74, 6) is 0.910. The van der Waals surface area contributed by atoms with Crippen molar-refractivity contribution < 1.29 is 13.9 Å². The number of benzene rings is 2. The van der Waals surface area contributed by atoms with E-state index < -0.39 is 0 Å². The molecular weight excluding hydrogens is 305 g/mol. The Bertz CT molecular complexity index is 752. The van der Waals surface area contributed by atoms with Crippen LogP contribution < -0.4 is 4.74 Å². The molecular formula is C20H20FNO2. The first-order valence-corrected chi connectivity index (χ1v) is 8.06. The normalized spacial score (nSPS) is 19.5. The van der Waals surface area contributed by atoms with Crippen molar-refractivity contribution in [3.05, 3.63) is 65.5 Å². The second kappa shape index (κ2) is 7.39. The lowest BCUT2D eigenvalue weighted by atomic mass is 9.82. The number of carbonyl (C=O) groups is 1. The summed E-state index contributed by atoms with van der Waals surface area (Å²) >= 11 is 0. The first kappa shape index (κ1) is 16.4. The monoisotopic (exact) mass is 325 g/mol.